The Bertz CT molecular complexity index is 934. The van der Waals surface area contributed by atoms with E-state index in [1.165, 1.54) is 17.0 Å². The number of ketones is 1. The molecule has 2 aromatic carbocycles. The van der Waals surface area contributed by atoms with Gasteiger partial charge in [-0.3, -0.25) is 9.59 Å². The van der Waals surface area contributed by atoms with Gasteiger partial charge in [0.2, 0.25) is 0 Å². The lowest BCUT2D eigenvalue weighted by Crippen LogP contribution is -2.32. The summed E-state index contributed by atoms with van der Waals surface area (Å²) in [5.41, 5.74) is 2.11. The van der Waals surface area contributed by atoms with E-state index in [2.05, 4.69) is 0 Å². The number of halogens is 1. The summed E-state index contributed by atoms with van der Waals surface area (Å²) >= 11 is 0. The molecular weight excluding hydrogens is 371 g/mol. The number of aryl methyl sites for hydroxylation is 1. The molecule has 0 bridgehead atoms. The van der Waals surface area contributed by atoms with Crippen LogP contribution in [0.25, 0.3) is 5.76 Å². The van der Waals surface area contributed by atoms with E-state index in [-0.39, 0.29) is 11.3 Å². The Kier molecular flexibility index (Phi) is 6.13. The molecule has 1 atom stereocenters. The molecular formula is C23H25FN2O3. The van der Waals surface area contributed by atoms with Crippen LogP contribution in [0.15, 0.2) is 54.1 Å². The van der Waals surface area contributed by atoms with Crippen molar-refractivity contribution in [3.05, 3.63) is 76.6 Å². The summed E-state index contributed by atoms with van der Waals surface area (Å²) in [4.78, 5) is 29.1. The molecule has 0 radical (unpaired) electrons. The molecule has 0 saturated carbocycles. The molecule has 0 aliphatic carbocycles. The van der Waals surface area contributed by atoms with Gasteiger partial charge in [0.25, 0.3) is 11.7 Å². The maximum absolute atomic E-state index is 13.5. The molecule has 1 N–H and O–H groups in total. The van der Waals surface area contributed by atoms with Gasteiger partial charge in [-0.2, -0.15) is 0 Å². The summed E-state index contributed by atoms with van der Waals surface area (Å²) in [6.45, 7) is 3.03. The fraction of sp³-hybridized carbons (Fsp3) is 0.304. The van der Waals surface area contributed by atoms with Gasteiger partial charge in [0.15, 0.2) is 0 Å². The minimum Gasteiger partial charge on any atom is -0.507 e. The molecule has 0 unspecified atom stereocenters. The van der Waals surface area contributed by atoms with E-state index in [0.29, 0.717) is 24.1 Å². The highest BCUT2D eigenvalue weighted by atomic mass is 19.1. The lowest BCUT2D eigenvalue weighted by Gasteiger charge is -2.26. The number of rotatable bonds is 6. The summed E-state index contributed by atoms with van der Waals surface area (Å²) in [6.07, 6.45) is 0.669. The molecule has 0 spiro atoms. The molecule has 152 valence electrons. The molecule has 1 fully saturated rings. The fourth-order valence-electron chi connectivity index (χ4n) is 3.53. The van der Waals surface area contributed by atoms with Crippen molar-refractivity contribution >= 4 is 17.4 Å². The molecule has 1 aliphatic rings. The van der Waals surface area contributed by atoms with Crippen LogP contribution in [0.5, 0.6) is 0 Å². The number of amides is 1. The summed E-state index contributed by atoms with van der Waals surface area (Å²) in [5, 5.41) is 10.9. The Morgan fingerprint density at radius 3 is 2.28 bits per heavy atom. The standard InChI is InChI=1S/C23H25FN2O3/c1-15-5-7-17(8-6-15)21(27)19-20(16-9-11-18(24)12-10-16)26(23(29)22(19)28)14-4-13-25(2)3/h5-12,20,27H,4,13-14H2,1-3H3/t20-/m0/s1. The smallest absolute Gasteiger partial charge is 0.295 e. The molecule has 6 heteroatoms. The second-order valence-electron chi connectivity index (χ2n) is 7.57. The Balaban J connectivity index is 2.07. The molecule has 2 aromatic rings. The number of hydrogen-bond acceptors (Lipinski definition) is 4. The van der Waals surface area contributed by atoms with Gasteiger partial charge < -0.3 is 14.9 Å². The first-order chi connectivity index (χ1) is 13.8. The van der Waals surface area contributed by atoms with Crippen molar-refractivity contribution < 1.29 is 19.1 Å². The largest absolute Gasteiger partial charge is 0.507 e. The highest BCUT2D eigenvalue weighted by molar-refractivity contribution is 6.46. The lowest BCUT2D eigenvalue weighted by atomic mass is 9.95. The third-order valence-electron chi connectivity index (χ3n) is 5.06. The van der Waals surface area contributed by atoms with Crippen LogP contribution in [-0.2, 0) is 9.59 Å². The van der Waals surface area contributed by atoms with E-state index in [4.69, 9.17) is 0 Å². The first-order valence-electron chi connectivity index (χ1n) is 9.55. The van der Waals surface area contributed by atoms with E-state index in [0.717, 1.165) is 12.1 Å². The van der Waals surface area contributed by atoms with Crippen LogP contribution < -0.4 is 0 Å². The van der Waals surface area contributed by atoms with Gasteiger partial charge in [-0.1, -0.05) is 42.0 Å². The molecule has 1 saturated heterocycles. The van der Waals surface area contributed by atoms with Gasteiger partial charge in [-0.05, 0) is 51.7 Å². The summed E-state index contributed by atoms with van der Waals surface area (Å²) in [6, 6.07) is 12.0. The minimum absolute atomic E-state index is 0.0373. The number of carbonyl (C=O) groups is 2. The third kappa shape index (κ3) is 4.38. The van der Waals surface area contributed by atoms with Crippen LogP contribution >= 0.6 is 0 Å². The molecule has 0 aromatic heterocycles. The summed E-state index contributed by atoms with van der Waals surface area (Å²) in [7, 11) is 3.87. The van der Waals surface area contributed by atoms with Gasteiger partial charge >= 0.3 is 0 Å². The second-order valence-corrected chi connectivity index (χ2v) is 7.57. The fourth-order valence-corrected chi connectivity index (χ4v) is 3.53. The van der Waals surface area contributed by atoms with E-state index in [1.807, 2.05) is 38.1 Å². The number of aliphatic hydroxyl groups is 1. The van der Waals surface area contributed by atoms with Crippen molar-refractivity contribution in [2.24, 2.45) is 0 Å². The number of nitrogens with zero attached hydrogens (tertiary/aromatic N) is 2. The first-order valence-corrected chi connectivity index (χ1v) is 9.55. The van der Waals surface area contributed by atoms with Gasteiger partial charge in [0.05, 0.1) is 11.6 Å². The van der Waals surface area contributed by atoms with Gasteiger partial charge in [0, 0.05) is 12.1 Å². The average Bonchev–Trinajstić information content (AvgIpc) is 2.93. The minimum atomic E-state index is -0.751. The summed E-state index contributed by atoms with van der Waals surface area (Å²) in [5.74, 6) is -1.99. The van der Waals surface area contributed by atoms with Crippen LogP contribution in [0.3, 0.4) is 0 Å². The van der Waals surface area contributed by atoms with E-state index < -0.39 is 23.5 Å². The maximum Gasteiger partial charge on any atom is 0.295 e. The van der Waals surface area contributed by atoms with Crippen LogP contribution in [-0.4, -0.2) is 53.8 Å². The van der Waals surface area contributed by atoms with Crippen molar-refractivity contribution in [3.8, 4) is 0 Å². The van der Waals surface area contributed by atoms with Crippen molar-refractivity contribution in [2.75, 3.05) is 27.2 Å². The van der Waals surface area contributed by atoms with E-state index >= 15 is 0 Å². The van der Waals surface area contributed by atoms with Gasteiger partial charge in [-0.15, -0.1) is 0 Å². The van der Waals surface area contributed by atoms with Gasteiger partial charge in [-0.25, -0.2) is 4.39 Å². The topological polar surface area (TPSA) is 60.9 Å². The van der Waals surface area contributed by atoms with Crippen molar-refractivity contribution in [1.82, 2.24) is 9.80 Å². The highest BCUT2D eigenvalue weighted by Crippen LogP contribution is 2.39. The van der Waals surface area contributed by atoms with Crippen molar-refractivity contribution in [3.63, 3.8) is 0 Å². The van der Waals surface area contributed by atoms with Crippen LogP contribution in [0.4, 0.5) is 4.39 Å². The van der Waals surface area contributed by atoms with E-state index in [9.17, 15) is 19.1 Å². The zero-order chi connectivity index (χ0) is 21.1. The first kappa shape index (κ1) is 20.7. The molecule has 29 heavy (non-hydrogen) atoms. The molecule has 1 aliphatic heterocycles. The summed E-state index contributed by atoms with van der Waals surface area (Å²) < 4.78 is 13.5. The van der Waals surface area contributed by atoms with Gasteiger partial charge in [0.1, 0.15) is 11.6 Å². The average molecular weight is 396 g/mol. The Hall–Kier alpha value is -2.99. The SMILES string of the molecule is Cc1ccc(C(O)=C2C(=O)C(=O)N(CCCN(C)C)[C@H]2c2ccc(F)cc2)cc1. The monoisotopic (exact) mass is 396 g/mol. The highest BCUT2D eigenvalue weighted by Gasteiger charge is 2.45. The Labute approximate surface area is 170 Å². The van der Waals surface area contributed by atoms with Crippen molar-refractivity contribution in [2.45, 2.75) is 19.4 Å². The number of hydrogen-bond donors (Lipinski definition) is 1. The van der Waals surface area contributed by atoms with Crippen LogP contribution in [0.1, 0.15) is 29.2 Å². The predicted molar refractivity (Wildman–Crippen MR) is 110 cm³/mol. The number of aliphatic hydroxyl groups excluding tert-OH is 1. The number of likely N-dealkylation sites (tertiary alicyclic amines) is 1. The molecule has 1 amide bonds. The predicted octanol–water partition coefficient (Wildman–Crippen LogP) is 3.51. The Morgan fingerprint density at radius 2 is 1.69 bits per heavy atom. The zero-order valence-electron chi connectivity index (χ0n) is 16.9. The quantitative estimate of drug-likeness (QED) is 0.461. The maximum atomic E-state index is 13.5. The second kappa shape index (κ2) is 8.57. The normalized spacial score (nSPS) is 18.7. The van der Waals surface area contributed by atoms with Crippen LogP contribution in [0.2, 0.25) is 0 Å². The molecule has 5 nitrogen and oxygen atoms in total. The Morgan fingerprint density at radius 1 is 1.07 bits per heavy atom. The lowest BCUT2D eigenvalue weighted by molar-refractivity contribution is -0.139. The molecule has 3 rings (SSSR count). The zero-order valence-corrected chi connectivity index (χ0v) is 16.9. The number of carbonyl (C=O) groups excluding carboxylic acids is 2. The third-order valence-corrected chi connectivity index (χ3v) is 5.06. The molecule has 1 heterocycles. The van der Waals surface area contributed by atoms with Crippen LogP contribution in [0, 0.1) is 12.7 Å². The number of Topliss-reactive ketones (excluding diaryl/α,β-unsaturated/α-hetero) is 1. The van der Waals surface area contributed by atoms with E-state index in [1.54, 1.807) is 24.3 Å². The van der Waals surface area contributed by atoms with Crippen molar-refractivity contribution in [1.29, 1.82) is 0 Å². The number of benzene rings is 2.